The third kappa shape index (κ3) is 2.77. The second kappa shape index (κ2) is 4.53. The number of hydrogen-bond donors (Lipinski definition) is 1. The quantitative estimate of drug-likeness (QED) is 0.898. The fraction of sp³-hybridized carbons (Fsp3) is 0.833. The summed E-state index contributed by atoms with van der Waals surface area (Å²) in [5.74, 6) is 0.907. The molecule has 96 valence electrons. The van der Waals surface area contributed by atoms with E-state index in [9.17, 15) is 0 Å². The number of nitrogens with one attached hydrogen (secondary N) is 1. The molecule has 17 heavy (non-hydrogen) atoms. The van der Waals surface area contributed by atoms with Gasteiger partial charge >= 0.3 is 0 Å². The van der Waals surface area contributed by atoms with Crippen LogP contribution in [0.25, 0.3) is 0 Å². The summed E-state index contributed by atoms with van der Waals surface area (Å²) in [5, 5.41) is 4.25. The summed E-state index contributed by atoms with van der Waals surface area (Å²) in [6.07, 6.45) is 3.54. The maximum atomic E-state index is 5.56. The molecule has 0 unspecified atom stereocenters. The molecule has 0 saturated heterocycles. The Balaban J connectivity index is 1.93. The lowest BCUT2D eigenvalue weighted by Gasteiger charge is -2.40. The largest absolute Gasteiger partial charge is 0.376 e. The molecule has 1 heterocycles. The summed E-state index contributed by atoms with van der Waals surface area (Å²) < 4.78 is 9.95. The molecule has 1 aromatic rings. The van der Waals surface area contributed by atoms with Crippen molar-refractivity contribution < 1.29 is 4.74 Å². The van der Waals surface area contributed by atoms with E-state index in [1.807, 2.05) is 0 Å². The molecule has 1 aliphatic rings. The van der Waals surface area contributed by atoms with Crippen LogP contribution < -0.4 is 5.32 Å². The smallest absolute Gasteiger partial charge is 0.202 e. The minimum Gasteiger partial charge on any atom is -0.376 e. The molecule has 0 bridgehead atoms. The standard InChI is InChI=1S/C12H21N3OS/c1-11(2,3)9-14-10(17-15-9)13-8-12(16-4)6-5-7-12/h5-8H2,1-4H3,(H,13,14,15). The molecule has 2 rings (SSSR count). The average Bonchev–Trinajstić information content (AvgIpc) is 2.65. The third-order valence-corrected chi connectivity index (χ3v) is 4.03. The van der Waals surface area contributed by atoms with E-state index in [0.29, 0.717) is 0 Å². The minimum absolute atomic E-state index is 0.0197. The number of aromatic nitrogens is 2. The Morgan fingerprint density at radius 3 is 2.53 bits per heavy atom. The summed E-state index contributed by atoms with van der Waals surface area (Å²) in [6, 6.07) is 0. The lowest BCUT2D eigenvalue weighted by atomic mass is 9.80. The number of anilines is 1. The van der Waals surface area contributed by atoms with Crippen molar-refractivity contribution in [2.45, 2.75) is 51.0 Å². The first kappa shape index (κ1) is 12.8. The maximum Gasteiger partial charge on any atom is 0.202 e. The van der Waals surface area contributed by atoms with Crippen molar-refractivity contribution in [3.05, 3.63) is 5.82 Å². The number of rotatable bonds is 4. The van der Waals surface area contributed by atoms with Gasteiger partial charge in [0.25, 0.3) is 0 Å². The molecule has 4 nitrogen and oxygen atoms in total. The lowest BCUT2D eigenvalue weighted by molar-refractivity contribution is -0.0601. The van der Waals surface area contributed by atoms with Gasteiger partial charge in [-0.15, -0.1) is 0 Å². The van der Waals surface area contributed by atoms with Gasteiger partial charge in [0.05, 0.1) is 5.60 Å². The van der Waals surface area contributed by atoms with Crippen LogP contribution in [0.3, 0.4) is 0 Å². The molecule has 0 aliphatic heterocycles. The van der Waals surface area contributed by atoms with Crippen molar-refractivity contribution in [3.63, 3.8) is 0 Å². The predicted molar refractivity (Wildman–Crippen MR) is 70.7 cm³/mol. The van der Waals surface area contributed by atoms with Crippen LogP contribution in [0.5, 0.6) is 0 Å². The van der Waals surface area contributed by atoms with Crippen molar-refractivity contribution in [2.75, 3.05) is 19.0 Å². The van der Waals surface area contributed by atoms with Crippen molar-refractivity contribution in [1.82, 2.24) is 9.36 Å². The first-order valence-corrected chi connectivity index (χ1v) is 6.86. The molecule has 5 heteroatoms. The third-order valence-electron chi connectivity index (χ3n) is 3.36. The Kier molecular flexibility index (Phi) is 3.41. The van der Waals surface area contributed by atoms with Gasteiger partial charge in [0, 0.05) is 30.6 Å². The summed E-state index contributed by atoms with van der Waals surface area (Å²) in [5.41, 5.74) is 0.0550. The Hall–Kier alpha value is -0.680. The van der Waals surface area contributed by atoms with Crippen molar-refractivity contribution in [3.8, 4) is 0 Å². The molecule has 0 radical (unpaired) electrons. The van der Waals surface area contributed by atoms with Crippen molar-refractivity contribution in [1.29, 1.82) is 0 Å². The van der Waals surface area contributed by atoms with Gasteiger partial charge in [-0.1, -0.05) is 20.8 Å². The number of nitrogens with zero attached hydrogens (tertiary/aromatic N) is 2. The molecule has 0 amide bonds. The van der Waals surface area contributed by atoms with E-state index in [1.165, 1.54) is 18.0 Å². The molecule has 0 atom stereocenters. The van der Waals surface area contributed by atoms with Gasteiger partial charge < -0.3 is 10.1 Å². The zero-order chi connectivity index (χ0) is 12.5. The van der Waals surface area contributed by atoms with Crippen molar-refractivity contribution >= 4 is 16.7 Å². The zero-order valence-electron chi connectivity index (χ0n) is 11.0. The normalized spacial score (nSPS) is 18.8. The first-order valence-electron chi connectivity index (χ1n) is 6.08. The monoisotopic (exact) mass is 255 g/mol. The molecular formula is C12H21N3OS. The van der Waals surface area contributed by atoms with E-state index in [4.69, 9.17) is 4.74 Å². The van der Waals surface area contributed by atoms with Crippen LogP contribution in [-0.4, -0.2) is 28.6 Å². The van der Waals surface area contributed by atoms with Crippen LogP contribution in [0.2, 0.25) is 0 Å². The summed E-state index contributed by atoms with van der Waals surface area (Å²) in [4.78, 5) is 4.52. The molecule has 0 spiro atoms. The predicted octanol–water partition coefficient (Wildman–Crippen LogP) is 2.82. The van der Waals surface area contributed by atoms with Gasteiger partial charge in [0.15, 0.2) is 0 Å². The summed E-state index contributed by atoms with van der Waals surface area (Å²) in [6.45, 7) is 7.21. The lowest BCUT2D eigenvalue weighted by Crippen LogP contribution is -2.45. The van der Waals surface area contributed by atoms with Crippen LogP contribution in [-0.2, 0) is 10.2 Å². The minimum atomic E-state index is 0.0197. The number of methoxy groups -OCH3 is 1. The molecule has 1 aromatic heterocycles. The second-order valence-corrected chi connectivity index (χ2v) is 6.52. The highest BCUT2D eigenvalue weighted by Gasteiger charge is 2.37. The zero-order valence-corrected chi connectivity index (χ0v) is 11.9. The molecule has 1 fully saturated rings. The van der Waals surface area contributed by atoms with Gasteiger partial charge in [0.1, 0.15) is 5.82 Å². The number of ether oxygens (including phenoxy) is 1. The molecule has 0 aromatic carbocycles. The number of hydrogen-bond acceptors (Lipinski definition) is 5. The fourth-order valence-corrected chi connectivity index (χ4v) is 2.61. The highest BCUT2D eigenvalue weighted by Crippen LogP contribution is 2.35. The molecule has 1 saturated carbocycles. The Morgan fingerprint density at radius 2 is 2.12 bits per heavy atom. The summed E-state index contributed by atoms with van der Waals surface area (Å²) >= 11 is 1.43. The Morgan fingerprint density at radius 1 is 1.41 bits per heavy atom. The van der Waals surface area contributed by atoms with Gasteiger partial charge in [0.2, 0.25) is 5.13 Å². The Bertz CT molecular complexity index is 374. The van der Waals surface area contributed by atoms with Crippen LogP contribution >= 0.6 is 11.5 Å². The Labute approximate surface area is 107 Å². The highest BCUT2D eigenvalue weighted by atomic mass is 32.1. The van der Waals surface area contributed by atoms with E-state index < -0.39 is 0 Å². The van der Waals surface area contributed by atoms with Gasteiger partial charge in [-0.2, -0.15) is 4.37 Å². The van der Waals surface area contributed by atoms with Crippen LogP contribution in [0.4, 0.5) is 5.13 Å². The van der Waals surface area contributed by atoms with E-state index in [0.717, 1.165) is 30.3 Å². The van der Waals surface area contributed by atoms with Gasteiger partial charge in [-0.25, -0.2) is 4.98 Å². The second-order valence-electron chi connectivity index (χ2n) is 5.77. The van der Waals surface area contributed by atoms with E-state index in [1.54, 1.807) is 7.11 Å². The molecular weight excluding hydrogens is 234 g/mol. The van der Waals surface area contributed by atoms with E-state index in [-0.39, 0.29) is 11.0 Å². The van der Waals surface area contributed by atoms with Crippen molar-refractivity contribution in [2.24, 2.45) is 0 Å². The highest BCUT2D eigenvalue weighted by molar-refractivity contribution is 7.09. The SMILES string of the molecule is COC1(CNc2nc(C(C)(C)C)ns2)CCC1. The van der Waals surface area contributed by atoms with Crippen LogP contribution in [0.1, 0.15) is 45.9 Å². The van der Waals surface area contributed by atoms with Crippen LogP contribution in [0, 0.1) is 0 Å². The van der Waals surface area contributed by atoms with Gasteiger partial charge in [-0.05, 0) is 19.3 Å². The molecule has 1 N–H and O–H groups in total. The van der Waals surface area contributed by atoms with Gasteiger partial charge in [-0.3, -0.25) is 0 Å². The average molecular weight is 255 g/mol. The first-order chi connectivity index (χ1) is 7.95. The van der Waals surface area contributed by atoms with E-state index in [2.05, 4.69) is 35.4 Å². The maximum absolute atomic E-state index is 5.56. The topological polar surface area (TPSA) is 47.0 Å². The van der Waals surface area contributed by atoms with E-state index >= 15 is 0 Å². The fourth-order valence-electron chi connectivity index (χ4n) is 1.86. The molecule has 1 aliphatic carbocycles. The summed E-state index contributed by atoms with van der Waals surface area (Å²) in [7, 11) is 1.79. The van der Waals surface area contributed by atoms with Crippen LogP contribution in [0.15, 0.2) is 0 Å².